The molecule has 0 aliphatic carbocycles. The number of nitriles is 1. The van der Waals surface area contributed by atoms with E-state index in [-0.39, 0.29) is 0 Å². The molecule has 0 N–H and O–H groups in total. The van der Waals surface area contributed by atoms with Crippen LogP contribution in [0.25, 0.3) is 10.6 Å². The third-order valence-corrected chi connectivity index (χ3v) is 3.93. The van der Waals surface area contributed by atoms with Gasteiger partial charge in [-0.1, -0.05) is 25.2 Å². The van der Waals surface area contributed by atoms with Crippen molar-refractivity contribution in [2.75, 3.05) is 6.61 Å². The van der Waals surface area contributed by atoms with Crippen LogP contribution in [0, 0.1) is 24.2 Å². The van der Waals surface area contributed by atoms with E-state index in [0.29, 0.717) is 46.1 Å². The number of hydrogen-bond acceptors (Lipinski definition) is 6. The molecule has 0 atom stereocenters. The molecule has 0 aliphatic rings. The number of rotatable bonds is 6. The molecule has 0 aliphatic heterocycles. The summed E-state index contributed by atoms with van der Waals surface area (Å²) in [6.07, 6.45) is 0. The fourth-order valence-electron chi connectivity index (χ4n) is 1.79. The van der Waals surface area contributed by atoms with Crippen LogP contribution in [0.15, 0.2) is 18.2 Å². The van der Waals surface area contributed by atoms with Gasteiger partial charge in [-0.15, -0.1) is 0 Å². The van der Waals surface area contributed by atoms with Gasteiger partial charge in [0, 0.05) is 5.56 Å². The van der Waals surface area contributed by atoms with E-state index in [4.69, 9.17) is 9.47 Å². The van der Waals surface area contributed by atoms with Crippen LogP contribution in [-0.2, 0) is 4.79 Å². The van der Waals surface area contributed by atoms with Gasteiger partial charge in [0.2, 0.25) is 5.06 Å². The number of aromatic nitrogens is 1. The van der Waals surface area contributed by atoms with E-state index in [0.717, 1.165) is 5.56 Å². The number of thiazole rings is 1. The van der Waals surface area contributed by atoms with Crippen LogP contribution in [-0.4, -0.2) is 18.1 Å². The number of carbonyl (C=O) groups excluding carboxylic acids is 1. The van der Waals surface area contributed by atoms with Gasteiger partial charge in [0.1, 0.15) is 16.8 Å². The predicted octanol–water partition coefficient (Wildman–Crippen LogP) is 3.56. The van der Waals surface area contributed by atoms with Crippen LogP contribution in [0.3, 0.4) is 0 Å². The Bertz CT molecular complexity index is 717. The first kappa shape index (κ1) is 16.0. The van der Waals surface area contributed by atoms with Crippen molar-refractivity contribution in [3.05, 3.63) is 29.5 Å². The lowest BCUT2D eigenvalue weighted by Crippen LogP contribution is -2.05. The minimum absolute atomic E-state index is 0.383. The Morgan fingerprint density at radius 1 is 1.45 bits per heavy atom. The molecular weight excluding hydrogens is 300 g/mol. The first-order chi connectivity index (χ1) is 10.5. The Morgan fingerprint density at radius 2 is 2.23 bits per heavy atom. The van der Waals surface area contributed by atoms with Crippen LogP contribution in [0.2, 0.25) is 0 Å². The summed E-state index contributed by atoms with van der Waals surface area (Å²) in [5.41, 5.74) is 1.90. The smallest absolute Gasteiger partial charge is 0.299 e. The zero-order valence-electron chi connectivity index (χ0n) is 12.6. The molecular formula is C16H16N2O3S. The number of ether oxygens (including phenoxy) is 2. The van der Waals surface area contributed by atoms with E-state index in [9.17, 15) is 10.1 Å². The zero-order valence-corrected chi connectivity index (χ0v) is 13.4. The van der Waals surface area contributed by atoms with Crippen molar-refractivity contribution < 1.29 is 14.3 Å². The number of aryl methyl sites for hydroxylation is 1. The molecule has 0 fully saturated rings. The topological polar surface area (TPSA) is 72.2 Å². The highest BCUT2D eigenvalue weighted by Crippen LogP contribution is 2.35. The molecule has 22 heavy (non-hydrogen) atoms. The van der Waals surface area contributed by atoms with Gasteiger partial charge in [0.15, 0.2) is 0 Å². The number of nitrogens with zero attached hydrogens (tertiary/aromatic N) is 2. The number of benzene rings is 1. The van der Waals surface area contributed by atoms with Gasteiger partial charge in [-0.25, -0.2) is 4.98 Å². The Kier molecular flexibility index (Phi) is 5.12. The van der Waals surface area contributed by atoms with Crippen molar-refractivity contribution in [1.82, 2.24) is 4.98 Å². The van der Waals surface area contributed by atoms with Crippen LogP contribution >= 0.6 is 11.3 Å². The molecule has 1 heterocycles. The summed E-state index contributed by atoms with van der Waals surface area (Å²) in [6, 6.07) is 7.49. The summed E-state index contributed by atoms with van der Waals surface area (Å²) >= 11 is 1.27. The first-order valence-corrected chi connectivity index (χ1v) is 7.61. The highest BCUT2D eigenvalue weighted by atomic mass is 32.1. The maximum atomic E-state index is 10.4. The van der Waals surface area contributed by atoms with Gasteiger partial charge >= 0.3 is 0 Å². The average molecular weight is 316 g/mol. The standard InChI is InChI=1S/C16H16N2O3S/c1-10(2)8-20-14-5-4-12(6-13(14)7-17)15-18-11(3)16(22-15)21-9-19/h4-6,9-10H,8H2,1-3H3. The van der Waals surface area contributed by atoms with E-state index in [1.807, 2.05) is 19.9 Å². The van der Waals surface area contributed by atoms with E-state index >= 15 is 0 Å². The molecule has 5 nitrogen and oxygen atoms in total. The minimum Gasteiger partial charge on any atom is -0.492 e. The highest BCUT2D eigenvalue weighted by molar-refractivity contribution is 7.17. The summed E-state index contributed by atoms with van der Waals surface area (Å²) in [5.74, 6) is 0.952. The lowest BCUT2D eigenvalue weighted by Gasteiger charge is -2.10. The number of hydrogen-bond donors (Lipinski definition) is 0. The normalized spacial score (nSPS) is 10.3. The Labute approximate surface area is 133 Å². The lowest BCUT2D eigenvalue weighted by molar-refractivity contribution is -0.120. The summed E-state index contributed by atoms with van der Waals surface area (Å²) in [6.45, 7) is 6.81. The second-order valence-corrected chi connectivity index (χ2v) is 6.10. The fourth-order valence-corrected chi connectivity index (χ4v) is 2.68. The van der Waals surface area contributed by atoms with Gasteiger partial charge in [-0.3, -0.25) is 4.79 Å². The van der Waals surface area contributed by atoms with Crippen molar-refractivity contribution in [3.8, 4) is 27.5 Å². The second kappa shape index (κ2) is 7.05. The van der Waals surface area contributed by atoms with E-state index < -0.39 is 0 Å². The third-order valence-electron chi connectivity index (χ3n) is 2.83. The van der Waals surface area contributed by atoms with Gasteiger partial charge in [-0.05, 0) is 31.0 Å². The van der Waals surface area contributed by atoms with Crippen LogP contribution in [0.4, 0.5) is 0 Å². The average Bonchev–Trinajstić information content (AvgIpc) is 2.86. The summed E-state index contributed by atoms with van der Waals surface area (Å²) in [4.78, 5) is 14.8. The molecule has 0 saturated heterocycles. The zero-order chi connectivity index (χ0) is 16.1. The first-order valence-electron chi connectivity index (χ1n) is 6.80. The fraction of sp³-hybridized carbons (Fsp3) is 0.312. The minimum atomic E-state index is 0.383. The van der Waals surface area contributed by atoms with Gasteiger partial charge < -0.3 is 9.47 Å². The molecule has 2 rings (SSSR count). The SMILES string of the molecule is Cc1nc(-c2ccc(OCC(C)C)c(C#N)c2)sc1OC=O. The Balaban J connectivity index is 2.31. The Morgan fingerprint density at radius 3 is 2.86 bits per heavy atom. The molecule has 0 spiro atoms. The van der Waals surface area contributed by atoms with Crippen LogP contribution in [0.1, 0.15) is 25.1 Å². The molecule has 0 radical (unpaired) electrons. The molecule has 0 saturated carbocycles. The molecule has 1 aromatic carbocycles. The second-order valence-electron chi connectivity index (χ2n) is 5.13. The maximum Gasteiger partial charge on any atom is 0.299 e. The van der Waals surface area contributed by atoms with Crippen molar-refractivity contribution in [1.29, 1.82) is 5.26 Å². The molecule has 2 aromatic rings. The molecule has 6 heteroatoms. The van der Waals surface area contributed by atoms with Gasteiger partial charge in [0.25, 0.3) is 6.47 Å². The Hall–Kier alpha value is -2.39. The summed E-state index contributed by atoms with van der Waals surface area (Å²) in [5, 5.41) is 10.4. The maximum absolute atomic E-state index is 10.4. The highest BCUT2D eigenvalue weighted by Gasteiger charge is 2.13. The third kappa shape index (κ3) is 3.62. The molecule has 0 unspecified atom stereocenters. The lowest BCUT2D eigenvalue weighted by atomic mass is 10.1. The van der Waals surface area contributed by atoms with E-state index in [1.54, 1.807) is 19.1 Å². The molecule has 0 bridgehead atoms. The van der Waals surface area contributed by atoms with Crippen LogP contribution in [0.5, 0.6) is 10.8 Å². The molecule has 1 aromatic heterocycles. The van der Waals surface area contributed by atoms with Gasteiger partial charge in [0.05, 0.1) is 17.9 Å². The summed E-state index contributed by atoms with van der Waals surface area (Å²) in [7, 11) is 0. The number of carbonyl (C=O) groups is 1. The molecule has 114 valence electrons. The van der Waals surface area contributed by atoms with Crippen molar-refractivity contribution in [3.63, 3.8) is 0 Å². The quantitative estimate of drug-likeness (QED) is 0.762. The largest absolute Gasteiger partial charge is 0.492 e. The van der Waals surface area contributed by atoms with Crippen molar-refractivity contribution >= 4 is 17.8 Å². The van der Waals surface area contributed by atoms with Crippen molar-refractivity contribution in [2.45, 2.75) is 20.8 Å². The predicted molar refractivity (Wildman–Crippen MR) is 84.0 cm³/mol. The monoisotopic (exact) mass is 316 g/mol. The van der Waals surface area contributed by atoms with E-state index in [2.05, 4.69) is 11.1 Å². The summed E-state index contributed by atoms with van der Waals surface area (Å²) < 4.78 is 10.5. The van der Waals surface area contributed by atoms with Crippen LogP contribution < -0.4 is 9.47 Å². The molecule has 0 amide bonds. The van der Waals surface area contributed by atoms with E-state index in [1.165, 1.54) is 11.3 Å². The van der Waals surface area contributed by atoms with Gasteiger partial charge in [-0.2, -0.15) is 5.26 Å². The van der Waals surface area contributed by atoms with Crippen molar-refractivity contribution in [2.24, 2.45) is 5.92 Å².